The molecule has 2 spiro atoms. The highest BCUT2D eigenvalue weighted by Crippen LogP contribution is 2.49. The van der Waals surface area contributed by atoms with Crippen LogP contribution in [0, 0.1) is 46.1 Å². The lowest BCUT2D eigenvalue weighted by atomic mass is 9.64. The van der Waals surface area contributed by atoms with Crippen LogP contribution in [0.3, 0.4) is 0 Å². The van der Waals surface area contributed by atoms with Gasteiger partial charge in [0.15, 0.2) is 0 Å². The van der Waals surface area contributed by atoms with Crippen LogP contribution in [0.4, 0.5) is 20.2 Å². The van der Waals surface area contributed by atoms with Gasteiger partial charge in [-0.25, -0.2) is 8.78 Å². The van der Waals surface area contributed by atoms with Gasteiger partial charge in [-0.15, -0.1) is 0 Å². The number of piperazine rings is 2. The van der Waals surface area contributed by atoms with Crippen molar-refractivity contribution in [3.8, 4) is 12.1 Å². The summed E-state index contributed by atoms with van der Waals surface area (Å²) < 4.78 is 29.2. The second kappa shape index (κ2) is 18.6. The summed E-state index contributed by atoms with van der Waals surface area (Å²) in [5, 5.41) is 19.0. The lowest BCUT2D eigenvalue weighted by molar-refractivity contribution is -0.191. The number of hydrogen-bond acceptors (Lipinski definition) is 9. The molecule has 2 aliphatic carbocycles. The van der Waals surface area contributed by atoms with Crippen LogP contribution in [0.25, 0.3) is 0 Å². The maximum absolute atomic E-state index is 14.6. The number of benzene rings is 4. The molecule has 4 aromatic carbocycles. The summed E-state index contributed by atoms with van der Waals surface area (Å²) in [5.41, 5.74) is 5.04. The Hall–Kier alpha value is -6.97. The minimum atomic E-state index is -1.28. The van der Waals surface area contributed by atoms with Gasteiger partial charge in [-0.05, 0) is 103 Å². The van der Waals surface area contributed by atoms with Gasteiger partial charge in [-0.1, -0.05) is 54.4 Å². The highest BCUT2D eigenvalue weighted by atomic mass is 35.5. The van der Waals surface area contributed by atoms with Crippen molar-refractivity contribution in [3.05, 3.63) is 129 Å². The first-order valence-corrected chi connectivity index (χ1v) is 20.2. The molecule has 5 amide bonds. The number of halogens is 4. The standard InChI is InChI=1S/C22H18ClFN4O3.C22H19ClFN3O2.CO2/c23-16-4-1-13(2-5-16)11-28-19(29)12-27(18-6-3-14(10-25)7-17(18)24)21(31)22(28)8-15(9-22)20(26)30;1-14-9-22(10-14)21(29)26(19-7-4-16(11-25)8-18(19)24)13-20(28)27(22)12-15-2-5-17(23)6-3-15;2-1-3/h1-7,15H,8-9,11-12H2,(H2,26,30);2-8,14H,9-10,12-13H2,1H3;. The molecule has 2 saturated heterocycles. The van der Waals surface area contributed by atoms with Crippen molar-refractivity contribution in [1.82, 2.24) is 9.80 Å². The van der Waals surface area contributed by atoms with Crippen LogP contribution in [0.1, 0.15) is 54.9 Å². The quantitative estimate of drug-likeness (QED) is 0.242. The third-order valence-corrected chi connectivity index (χ3v) is 12.2. The van der Waals surface area contributed by atoms with E-state index in [4.69, 9.17) is 49.0 Å². The van der Waals surface area contributed by atoms with Gasteiger partial charge in [0, 0.05) is 29.1 Å². The lowest BCUT2D eigenvalue weighted by Crippen LogP contribution is -2.73. The predicted octanol–water partition coefficient (Wildman–Crippen LogP) is 5.67. The Kier molecular flexibility index (Phi) is 13.4. The second-order valence-corrected chi connectivity index (χ2v) is 16.6. The lowest BCUT2D eigenvalue weighted by Gasteiger charge is -2.56. The molecule has 18 heteroatoms. The number of nitrogens with two attached hydrogens (primary N) is 1. The van der Waals surface area contributed by atoms with Crippen LogP contribution < -0.4 is 15.5 Å². The molecule has 2 aliphatic heterocycles. The van der Waals surface area contributed by atoms with Crippen molar-refractivity contribution in [2.75, 3.05) is 22.9 Å². The number of primary amides is 1. The zero-order valence-electron chi connectivity index (χ0n) is 33.5. The normalized spacial score (nSPS) is 22.4. The Labute approximate surface area is 369 Å². The van der Waals surface area contributed by atoms with Gasteiger partial charge in [-0.3, -0.25) is 33.8 Å². The van der Waals surface area contributed by atoms with E-state index in [1.807, 2.05) is 31.2 Å². The van der Waals surface area contributed by atoms with Gasteiger partial charge in [-0.2, -0.15) is 20.1 Å². The summed E-state index contributed by atoms with van der Waals surface area (Å²) in [6.07, 6.45) is 1.49. The average Bonchev–Trinajstić information content (AvgIpc) is 3.22. The molecule has 4 fully saturated rings. The first kappa shape index (κ1) is 45.6. The predicted molar refractivity (Wildman–Crippen MR) is 222 cm³/mol. The highest BCUT2D eigenvalue weighted by molar-refractivity contribution is 6.30. The number of carbonyl (C=O) groups excluding carboxylic acids is 7. The molecule has 2 N–H and O–H groups in total. The zero-order chi connectivity index (χ0) is 45.8. The van der Waals surface area contributed by atoms with Crippen LogP contribution >= 0.6 is 23.2 Å². The number of carbonyl (C=O) groups is 5. The van der Waals surface area contributed by atoms with E-state index in [9.17, 15) is 32.8 Å². The molecule has 0 aromatic heterocycles. The largest absolute Gasteiger partial charge is 0.373 e. The number of rotatable bonds is 7. The Morgan fingerprint density at radius 3 is 1.37 bits per heavy atom. The first-order valence-electron chi connectivity index (χ1n) is 19.4. The highest BCUT2D eigenvalue weighted by Gasteiger charge is 2.62. The summed E-state index contributed by atoms with van der Waals surface area (Å²) in [6, 6.07) is 25.4. The van der Waals surface area contributed by atoms with E-state index in [1.54, 1.807) is 41.3 Å². The topological polar surface area (TPSA) is 206 Å². The Morgan fingerprint density at radius 1 is 0.683 bits per heavy atom. The van der Waals surface area contributed by atoms with E-state index in [2.05, 4.69) is 0 Å². The SMILES string of the molecule is CC1CC2(C1)C(=O)N(c1ccc(C#N)cc1F)CC(=O)N2Cc1ccc(Cl)cc1.N#Cc1ccc(N2CC(=O)N(Cc3ccc(Cl)cc3)C3(CC(C(N)=O)C3)C2=O)c(F)c1.O=C=O. The van der Waals surface area contributed by atoms with E-state index in [1.165, 1.54) is 34.1 Å². The maximum Gasteiger partial charge on any atom is 0.373 e. The molecule has 0 unspecified atom stereocenters. The van der Waals surface area contributed by atoms with Gasteiger partial charge in [0.1, 0.15) is 35.8 Å². The molecular formula is C45H37Cl2F2N7O7. The number of hydrogen-bond donors (Lipinski definition) is 1. The third kappa shape index (κ3) is 9.01. The van der Waals surface area contributed by atoms with E-state index in [-0.39, 0.29) is 78.9 Å². The van der Waals surface area contributed by atoms with Gasteiger partial charge >= 0.3 is 6.15 Å². The number of amides is 5. The minimum absolute atomic E-state index is 0.0346. The monoisotopic (exact) mass is 895 g/mol. The molecule has 2 saturated carbocycles. The third-order valence-electron chi connectivity index (χ3n) is 11.7. The summed E-state index contributed by atoms with van der Waals surface area (Å²) >= 11 is 11.9. The van der Waals surface area contributed by atoms with Crippen molar-refractivity contribution in [2.24, 2.45) is 17.6 Å². The molecule has 14 nitrogen and oxygen atoms in total. The summed E-state index contributed by atoms with van der Waals surface area (Å²) in [5.74, 6) is -3.59. The summed E-state index contributed by atoms with van der Waals surface area (Å²) in [6.45, 7) is 1.91. The van der Waals surface area contributed by atoms with Gasteiger partial charge < -0.3 is 15.5 Å². The van der Waals surface area contributed by atoms with Crippen LogP contribution in [-0.4, -0.2) is 69.7 Å². The van der Waals surface area contributed by atoms with Gasteiger partial charge in [0.25, 0.3) is 11.8 Å². The van der Waals surface area contributed by atoms with Crippen LogP contribution in [0.2, 0.25) is 10.0 Å². The first-order chi connectivity index (χ1) is 30.0. The Balaban J connectivity index is 0.000000198. The van der Waals surface area contributed by atoms with Crippen LogP contribution in [0.15, 0.2) is 84.9 Å². The van der Waals surface area contributed by atoms with Crippen molar-refractivity contribution >= 4 is 70.3 Å². The van der Waals surface area contributed by atoms with E-state index in [0.717, 1.165) is 28.2 Å². The molecule has 8 rings (SSSR count). The number of nitriles is 2. The summed E-state index contributed by atoms with van der Waals surface area (Å²) in [4.78, 5) is 86.5. The van der Waals surface area contributed by atoms with Crippen molar-refractivity contribution in [2.45, 2.75) is 56.8 Å². The number of nitrogens with zero attached hydrogens (tertiary/aromatic N) is 6. The maximum atomic E-state index is 14.6. The minimum Gasteiger partial charge on any atom is -0.369 e. The molecule has 322 valence electrons. The smallest absolute Gasteiger partial charge is 0.369 e. The fourth-order valence-corrected chi connectivity index (χ4v) is 8.89. The van der Waals surface area contributed by atoms with Crippen molar-refractivity contribution < 1.29 is 42.3 Å². The van der Waals surface area contributed by atoms with Crippen LogP contribution in [-0.2, 0) is 46.7 Å². The van der Waals surface area contributed by atoms with Crippen molar-refractivity contribution in [3.63, 3.8) is 0 Å². The molecule has 2 heterocycles. The number of anilines is 2. The Morgan fingerprint density at radius 2 is 1.05 bits per heavy atom. The van der Waals surface area contributed by atoms with Crippen LogP contribution in [0.5, 0.6) is 0 Å². The average molecular weight is 897 g/mol. The zero-order valence-corrected chi connectivity index (χ0v) is 35.0. The van der Waals surface area contributed by atoms with Gasteiger partial charge in [0.05, 0.1) is 34.6 Å². The van der Waals surface area contributed by atoms with Crippen molar-refractivity contribution in [1.29, 1.82) is 10.5 Å². The second-order valence-electron chi connectivity index (χ2n) is 15.7. The Bertz CT molecular complexity index is 2600. The molecule has 4 aromatic rings. The molecule has 0 bridgehead atoms. The van der Waals surface area contributed by atoms with E-state index >= 15 is 0 Å². The van der Waals surface area contributed by atoms with E-state index < -0.39 is 40.4 Å². The molecule has 0 radical (unpaired) electrons. The molecular weight excluding hydrogens is 859 g/mol. The molecule has 63 heavy (non-hydrogen) atoms. The van der Waals surface area contributed by atoms with Gasteiger partial charge in [0.2, 0.25) is 17.7 Å². The molecule has 0 atom stereocenters. The summed E-state index contributed by atoms with van der Waals surface area (Å²) in [7, 11) is 0. The molecule has 4 aliphatic rings. The fraction of sp³-hybridized carbons (Fsp3) is 0.289. The van der Waals surface area contributed by atoms with E-state index in [0.29, 0.717) is 35.3 Å². The fourth-order valence-electron chi connectivity index (χ4n) is 8.64.